The van der Waals surface area contributed by atoms with E-state index in [1.165, 1.54) is 11.1 Å². The first kappa shape index (κ1) is 11.8. The van der Waals surface area contributed by atoms with E-state index in [1.54, 1.807) is 6.20 Å². The molecule has 3 rings (SSSR count). The number of rotatable bonds is 2. The van der Waals surface area contributed by atoms with E-state index < -0.39 is 0 Å². The number of benzene rings is 1. The monoisotopic (exact) mass is 261 g/mol. The average molecular weight is 262 g/mol. The number of hydrogen-bond donors (Lipinski definition) is 1. The van der Waals surface area contributed by atoms with E-state index in [1.807, 2.05) is 4.68 Å². The molecule has 1 aromatic heterocycles. The molecule has 1 aliphatic heterocycles. The normalized spacial score (nSPS) is 18.3. The Kier molecular flexibility index (Phi) is 2.88. The molecule has 1 aliphatic rings. The van der Waals surface area contributed by atoms with E-state index in [2.05, 4.69) is 48.5 Å². The van der Waals surface area contributed by atoms with Crippen molar-refractivity contribution in [1.29, 1.82) is 0 Å². The van der Waals surface area contributed by atoms with Crippen LogP contribution in [0.5, 0.6) is 0 Å². The van der Waals surface area contributed by atoms with Crippen molar-refractivity contribution in [3.8, 4) is 0 Å². The van der Waals surface area contributed by atoms with Gasteiger partial charge < -0.3 is 5.32 Å². The summed E-state index contributed by atoms with van der Waals surface area (Å²) in [7, 11) is 0. The van der Waals surface area contributed by atoms with Crippen LogP contribution in [-0.2, 0) is 6.54 Å². The number of halogens is 1. The highest BCUT2D eigenvalue weighted by Gasteiger charge is 2.28. The summed E-state index contributed by atoms with van der Waals surface area (Å²) in [6, 6.07) is 8.92. The van der Waals surface area contributed by atoms with Gasteiger partial charge in [-0.2, -0.15) is 5.10 Å². The third-order valence-electron chi connectivity index (χ3n) is 3.41. The third kappa shape index (κ3) is 1.74. The molecule has 0 aliphatic carbocycles. The van der Waals surface area contributed by atoms with Gasteiger partial charge in [0, 0.05) is 12.6 Å². The number of nitrogens with one attached hydrogen (secondary N) is 1. The van der Waals surface area contributed by atoms with Crippen LogP contribution in [0, 0.1) is 0 Å². The van der Waals surface area contributed by atoms with Gasteiger partial charge in [0.15, 0.2) is 0 Å². The van der Waals surface area contributed by atoms with Gasteiger partial charge in [-0.25, -0.2) is 0 Å². The molecule has 0 fully saturated rings. The fourth-order valence-corrected chi connectivity index (χ4v) is 2.81. The summed E-state index contributed by atoms with van der Waals surface area (Å²) in [5.41, 5.74) is 3.72. The highest BCUT2D eigenvalue weighted by atomic mass is 35.5. The topological polar surface area (TPSA) is 29.9 Å². The van der Waals surface area contributed by atoms with Crippen molar-refractivity contribution in [3.63, 3.8) is 0 Å². The third-order valence-corrected chi connectivity index (χ3v) is 3.70. The van der Waals surface area contributed by atoms with Crippen LogP contribution in [0.4, 0.5) is 0 Å². The second-order valence-corrected chi connectivity index (χ2v) is 5.34. The summed E-state index contributed by atoms with van der Waals surface area (Å²) in [6.07, 6.45) is 1.74. The minimum atomic E-state index is 0.151. The van der Waals surface area contributed by atoms with Crippen LogP contribution >= 0.6 is 11.6 Å². The van der Waals surface area contributed by atoms with Crippen molar-refractivity contribution in [2.45, 2.75) is 32.5 Å². The van der Waals surface area contributed by atoms with Crippen LogP contribution in [0.25, 0.3) is 0 Å². The quantitative estimate of drug-likeness (QED) is 0.899. The van der Waals surface area contributed by atoms with Gasteiger partial charge in [-0.05, 0) is 25.0 Å². The second-order valence-electron chi connectivity index (χ2n) is 4.93. The molecule has 94 valence electrons. The zero-order valence-corrected chi connectivity index (χ0v) is 11.3. The van der Waals surface area contributed by atoms with Gasteiger partial charge in [0.1, 0.15) is 0 Å². The van der Waals surface area contributed by atoms with E-state index in [9.17, 15) is 0 Å². The minimum absolute atomic E-state index is 0.151. The van der Waals surface area contributed by atoms with Crippen LogP contribution in [-0.4, -0.2) is 9.78 Å². The molecule has 0 amide bonds. The molecular weight excluding hydrogens is 246 g/mol. The average Bonchev–Trinajstić information content (AvgIpc) is 2.92. The first-order chi connectivity index (χ1) is 8.68. The van der Waals surface area contributed by atoms with Crippen molar-refractivity contribution in [1.82, 2.24) is 15.1 Å². The second kappa shape index (κ2) is 4.41. The van der Waals surface area contributed by atoms with Crippen molar-refractivity contribution in [2.75, 3.05) is 0 Å². The highest BCUT2D eigenvalue weighted by molar-refractivity contribution is 6.31. The lowest BCUT2D eigenvalue weighted by Crippen LogP contribution is -2.19. The van der Waals surface area contributed by atoms with Crippen LogP contribution in [0.15, 0.2) is 30.5 Å². The summed E-state index contributed by atoms with van der Waals surface area (Å²) in [4.78, 5) is 0. The number of hydrogen-bond acceptors (Lipinski definition) is 2. The Morgan fingerprint density at radius 3 is 2.94 bits per heavy atom. The molecule has 1 unspecified atom stereocenters. The van der Waals surface area contributed by atoms with Crippen LogP contribution in [0.3, 0.4) is 0 Å². The molecule has 2 heterocycles. The molecular formula is C14H16ClN3. The first-order valence-corrected chi connectivity index (χ1v) is 6.60. The van der Waals surface area contributed by atoms with E-state index in [0.29, 0.717) is 6.04 Å². The van der Waals surface area contributed by atoms with E-state index in [4.69, 9.17) is 11.6 Å². The lowest BCUT2D eigenvalue weighted by Gasteiger charge is -2.18. The largest absolute Gasteiger partial charge is 0.301 e. The van der Waals surface area contributed by atoms with Crippen LogP contribution in [0.2, 0.25) is 5.02 Å². The lowest BCUT2D eigenvalue weighted by molar-refractivity contribution is 0.483. The van der Waals surface area contributed by atoms with E-state index in [-0.39, 0.29) is 6.04 Å². The molecule has 1 aromatic carbocycles. The highest BCUT2D eigenvalue weighted by Crippen LogP contribution is 2.35. The summed E-state index contributed by atoms with van der Waals surface area (Å²) < 4.78 is 2.00. The molecule has 1 N–H and O–H groups in total. The summed E-state index contributed by atoms with van der Waals surface area (Å²) >= 11 is 6.31. The van der Waals surface area contributed by atoms with Crippen LogP contribution in [0.1, 0.15) is 42.8 Å². The molecule has 1 atom stereocenters. The lowest BCUT2D eigenvalue weighted by atomic mass is 10.0. The fourth-order valence-electron chi connectivity index (χ4n) is 2.58. The Hall–Kier alpha value is -1.32. The number of fused-ring (bicyclic) bond motifs is 1. The van der Waals surface area contributed by atoms with E-state index >= 15 is 0 Å². The number of aromatic nitrogens is 2. The molecule has 2 aromatic rings. The molecule has 0 bridgehead atoms. The Balaban J connectivity index is 2.10. The SMILES string of the molecule is CC(C)n1ncc(Cl)c1C1NCc2ccccc21. The summed E-state index contributed by atoms with van der Waals surface area (Å²) in [5.74, 6) is 0. The van der Waals surface area contributed by atoms with Gasteiger partial charge in [0.05, 0.1) is 23.0 Å². The van der Waals surface area contributed by atoms with Crippen molar-refractivity contribution >= 4 is 11.6 Å². The molecule has 4 heteroatoms. The fraction of sp³-hybridized carbons (Fsp3) is 0.357. The van der Waals surface area contributed by atoms with Gasteiger partial charge in [-0.3, -0.25) is 4.68 Å². The minimum Gasteiger partial charge on any atom is -0.301 e. The van der Waals surface area contributed by atoms with Crippen LogP contribution < -0.4 is 5.32 Å². The number of nitrogens with zero attached hydrogens (tertiary/aromatic N) is 2. The Bertz CT molecular complexity index is 574. The van der Waals surface area contributed by atoms with Crippen molar-refractivity contribution in [2.24, 2.45) is 0 Å². The van der Waals surface area contributed by atoms with Crippen molar-refractivity contribution < 1.29 is 0 Å². The maximum absolute atomic E-state index is 6.31. The van der Waals surface area contributed by atoms with E-state index in [0.717, 1.165) is 17.3 Å². The van der Waals surface area contributed by atoms with Gasteiger partial charge in [0.25, 0.3) is 0 Å². The first-order valence-electron chi connectivity index (χ1n) is 6.22. The summed E-state index contributed by atoms with van der Waals surface area (Å²) in [5, 5.41) is 8.63. The molecule has 0 saturated carbocycles. The summed E-state index contributed by atoms with van der Waals surface area (Å²) in [6.45, 7) is 5.13. The smallest absolute Gasteiger partial charge is 0.0837 e. The standard InChI is InChI=1S/C14H16ClN3/c1-9(2)18-14(12(15)8-17-18)13-11-6-4-3-5-10(11)7-16-13/h3-6,8-9,13,16H,7H2,1-2H3. The van der Waals surface area contributed by atoms with Crippen molar-refractivity contribution in [3.05, 3.63) is 52.3 Å². The predicted octanol–water partition coefficient (Wildman–Crippen LogP) is 3.31. The molecule has 0 saturated heterocycles. The molecule has 3 nitrogen and oxygen atoms in total. The predicted molar refractivity (Wildman–Crippen MR) is 72.7 cm³/mol. The zero-order valence-electron chi connectivity index (χ0n) is 10.5. The molecule has 0 spiro atoms. The van der Waals surface area contributed by atoms with Gasteiger partial charge in [0.2, 0.25) is 0 Å². The van der Waals surface area contributed by atoms with Gasteiger partial charge in [-0.1, -0.05) is 35.9 Å². The van der Waals surface area contributed by atoms with Gasteiger partial charge >= 0.3 is 0 Å². The van der Waals surface area contributed by atoms with Gasteiger partial charge in [-0.15, -0.1) is 0 Å². The Morgan fingerprint density at radius 1 is 1.39 bits per heavy atom. The molecule has 18 heavy (non-hydrogen) atoms. The zero-order chi connectivity index (χ0) is 12.7. The maximum atomic E-state index is 6.31. The Morgan fingerprint density at radius 2 is 2.17 bits per heavy atom. The Labute approximate surface area is 112 Å². The maximum Gasteiger partial charge on any atom is 0.0837 e. The molecule has 0 radical (unpaired) electrons.